The summed E-state index contributed by atoms with van der Waals surface area (Å²) in [7, 11) is 0. The van der Waals surface area contributed by atoms with Crippen LogP contribution >= 0.6 is 11.6 Å². The molecule has 2 heterocycles. The average Bonchev–Trinajstić information content (AvgIpc) is 3.03. The highest BCUT2D eigenvalue weighted by atomic mass is 35.5. The Morgan fingerprint density at radius 2 is 2.25 bits per heavy atom. The lowest BCUT2D eigenvalue weighted by molar-refractivity contribution is 0.366. The molecule has 0 aliphatic heterocycles. The molecule has 2 aromatic heterocycles. The summed E-state index contributed by atoms with van der Waals surface area (Å²) in [5, 5.41) is 8.60. The average molecular weight is 290 g/mol. The number of hydrogen-bond acceptors (Lipinski definition) is 5. The molecule has 0 amide bonds. The van der Waals surface area contributed by atoms with E-state index in [0.29, 0.717) is 29.0 Å². The molecular formula is C13H12ClN5O. The lowest BCUT2D eigenvalue weighted by atomic mass is 10.1. The van der Waals surface area contributed by atoms with Crippen molar-refractivity contribution in [1.29, 1.82) is 0 Å². The minimum absolute atomic E-state index is 0.376. The Bertz CT molecular complexity index is 749. The van der Waals surface area contributed by atoms with Crippen LogP contribution in [0, 0.1) is 6.92 Å². The Kier molecular flexibility index (Phi) is 3.15. The van der Waals surface area contributed by atoms with Crippen LogP contribution in [0.15, 0.2) is 35.1 Å². The number of halogens is 1. The van der Waals surface area contributed by atoms with Crippen molar-refractivity contribution < 1.29 is 4.52 Å². The highest BCUT2D eigenvalue weighted by Crippen LogP contribution is 2.24. The zero-order valence-electron chi connectivity index (χ0n) is 10.7. The summed E-state index contributed by atoms with van der Waals surface area (Å²) in [6.45, 7) is 2.30. The van der Waals surface area contributed by atoms with Crippen molar-refractivity contribution in [3.8, 4) is 11.4 Å². The highest BCUT2D eigenvalue weighted by molar-refractivity contribution is 6.30. The molecule has 0 saturated carbocycles. The Morgan fingerprint density at radius 1 is 1.40 bits per heavy atom. The van der Waals surface area contributed by atoms with Crippen molar-refractivity contribution in [3.63, 3.8) is 0 Å². The van der Waals surface area contributed by atoms with Crippen molar-refractivity contribution in [2.75, 3.05) is 5.73 Å². The van der Waals surface area contributed by atoms with Gasteiger partial charge in [0.25, 0.3) is 0 Å². The molecule has 1 aromatic carbocycles. The molecule has 20 heavy (non-hydrogen) atoms. The topological polar surface area (TPSA) is 82.8 Å². The van der Waals surface area contributed by atoms with E-state index in [-0.39, 0.29) is 0 Å². The summed E-state index contributed by atoms with van der Waals surface area (Å²) in [6.07, 6.45) is 3.25. The molecular weight excluding hydrogens is 278 g/mol. The van der Waals surface area contributed by atoms with Gasteiger partial charge in [-0.2, -0.15) is 10.1 Å². The maximum Gasteiger partial charge on any atom is 0.248 e. The van der Waals surface area contributed by atoms with E-state index in [1.807, 2.05) is 25.1 Å². The predicted octanol–water partition coefficient (Wildman–Crippen LogP) is 2.53. The largest absolute Gasteiger partial charge is 0.398 e. The first kappa shape index (κ1) is 12.7. The van der Waals surface area contributed by atoms with Crippen molar-refractivity contribution in [2.24, 2.45) is 0 Å². The molecule has 3 rings (SSSR count). The van der Waals surface area contributed by atoms with E-state index < -0.39 is 0 Å². The van der Waals surface area contributed by atoms with Gasteiger partial charge in [0.15, 0.2) is 0 Å². The molecule has 0 saturated heterocycles. The minimum Gasteiger partial charge on any atom is -0.398 e. The summed E-state index contributed by atoms with van der Waals surface area (Å²) in [4.78, 5) is 4.35. The van der Waals surface area contributed by atoms with Crippen molar-refractivity contribution in [3.05, 3.63) is 47.1 Å². The first-order valence-corrected chi connectivity index (χ1v) is 6.37. The van der Waals surface area contributed by atoms with Gasteiger partial charge in [-0.1, -0.05) is 28.9 Å². The SMILES string of the molecule is Cc1c(N)cccc1-c1noc(Cn2cc(Cl)cn2)n1. The van der Waals surface area contributed by atoms with Gasteiger partial charge in [-0.3, -0.25) is 4.68 Å². The van der Waals surface area contributed by atoms with Gasteiger partial charge in [-0.15, -0.1) is 0 Å². The van der Waals surface area contributed by atoms with Crippen LogP contribution in [0.1, 0.15) is 11.5 Å². The smallest absolute Gasteiger partial charge is 0.248 e. The van der Waals surface area contributed by atoms with E-state index in [2.05, 4.69) is 15.2 Å². The molecule has 6 nitrogen and oxygen atoms in total. The van der Waals surface area contributed by atoms with Gasteiger partial charge in [-0.05, 0) is 18.6 Å². The zero-order chi connectivity index (χ0) is 14.1. The van der Waals surface area contributed by atoms with E-state index >= 15 is 0 Å². The lowest BCUT2D eigenvalue weighted by Crippen LogP contribution is -2.00. The number of anilines is 1. The maximum absolute atomic E-state index is 5.88. The monoisotopic (exact) mass is 289 g/mol. The number of benzene rings is 1. The molecule has 0 aliphatic rings. The zero-order valence-corrected chi connectivity index (χ0v) is 11.5. The third-order valence-corrected chi connectivity index (χ3v) is 3.18. The normalized spacial score (nSPS) is 10.9. The molecule has 0 bridgehead atoms. The van der Waals surface area contributed by atoms with Crippen LogP contribution in [-0.4, -0.2) is 19.9 Å². The first-order chi connectivity index (χ1) is 9.63. The molecule has 0 spiro atoms. The summed E-state index contributed by atoms with van der Waals surface area (Å²) < 4.78 is 6.85. The molecule has 7 heteroatoms. The molecule has 0 radical (unpaired) electrons. The van der Waals surface area contributed by atoms with Gasteiger partial charge in [0.05, 0.1) is 11.2 Å². The van der Waals surface area contributed by atoms with Crippen LogP contribution < -0.4 is 5.73 Å². The number of nitrogen functional groups attached to an aromatic ring is 1. The Labute approximate surface area is 120 Å². The fourth-order valence-corrected chi connectivity index (χ4v) is 2.04. The van der Waals surface area contributed by atoms with Gasteiger partial charge < -0.3 is 10.3 Å². The Morgan fingerprint density at radius 3 is 3.00 bits per heavy atom. The van der Waals surface area contributed by atoms with E-state index in [0.717, 1.165) is 11.1 Å². The molecule has 2 N–H and O–H groups in total. The number of nitrogens with two attached hydrogens (primary N) is 1. The Hall–Kier alpha value is -2.34. The van der Waals surface area contributed by atoms with Crippen LogP contribution in [0.3, 0.4) is 0 Å². The van der Waals surface area contributed by atoms with Gasteiger partial charge in [0.1, 0.15) is 6.54 Å². The van der Waals surface area contributed by atoms with Crippen LogP contribution in [-0.2, 0) is 6.54 Å². The number of rotatable bonds is 3. The summed E-state index contributed by atoms with van der Waals surface area (Å²) >= 11 is 5.80. The molecule has 0 unspecified atom stereocenters. The second-order valence-electron chi connectivity index (χ2n) is 4.39. The summed E-state index contributed by atoms with van der Waals surface area (Å²) in [5.74, 6) is 0.977. The van der Waals surface area contributed by atoms with Gasteiger partial charge >= 0.3 is 0 Å². The molecule has 0 atom stereocenters. The second-order valence-corrected chi connectivity index (χ2v) is 4.82. The van der Waals surface area contributed by atoms with Crippen molar-refractivity contribution in [2.45, 2.75) is 13.5 Å². The molecule has 0 fully saturated rings. The number of nitrogens with zero attached hydrogens (tertiary/aromatic N) is 4. The van der Waals surface area contributed by atoms with E-state index in [1.165, 1.54) is 0 Å². The minimum atomic E-state index is 0.376. The lowest BCUT2D eigenvalue weighted by Gasteiger charge is -2.03. The first-order valence-electron chi connectivity index (χ1n) is 5.99. The van der Waals surface area contributed by atoms with Crippen molar-refractivity contribution >= 4 is 17.3 Å². The quantitative estimate of drug-likeness (QED) is 0.749. The second kappa shape index (κ2) is 4.97. The Balaban J connectivity index is 1.88. The van der Waals surface area contributed by atoms with Crippen LogP contribution in [0.2, 0.25) is 5.02 Å². The van der Waals surface area contributed by atoms with Gasteiger partial charge in [-0.25, -0.2) is 0 Å². The third-order valence-electron chi connectivity index (χ3n) is 2.98. The molecule has 102 valence electrons. The maximum atomic E-state index is 5.88. The predicted molar refractivity (Wildman–Crippen MR) is 75.2 cm³/mol. The summed E-state index contributed by atoms with van der Waals surface area (Å²) in [5.41, 5.74) is 8.37. The van der Waals surface area contributed by atoms with E-state index in [4.69, 9.17) is 21.9 Å². The fraction of sp³-hybridized carbons (Fsp3) is 0.154. The number of hydrogen-bond donors (Lipinski definition) is 1. The van der Waals surface area contributed by atoms with Gasteiger partial charge in [0, 0.05) is 17.4 Å². The third kappa shape index (κ3) is 2.37. The van der Waals surface area contributed by atoms with E-state index in [9.17, 15) is 0 Å². The van der Waals surface area contributed by atoms with Crippen LogP contribution in [0.5, 0.6) is 0 Å². The number of aromatic nitrogens is 4. The van der Waals surface area contributed by atoms with Crippen molar-refractivity contribution in [1.82, 2.24) is 19.9 Å². The summed E-state index contributed by atoms with van der Waals surface area (Å²) in [6, 6.07) is 5.61. The van der Waals surface area contributed by atoms with Crippen LogP contribution in [0.4, 0.5) is 5.69 Å². The standard InChI is InChI=1S/C13H12ClN5O/c1-8-10(3-2-4-11(8)15)13-17-12(20-18-13)7-19-6-9(14)5-16-19/h2-6H,7,15H2,1H3. The van der Waals surface area contributed by atoms with E-state index in [1.54, 1.807) is 17.1 Å². The molecule has 3 aromatic rings. The van der Waals surface area contributed by atoms with Gasteiger partial charge in [0.2, 0.25) is 11.7 Å². The fourth-order valence-electron chi connectivity index (χ4n) is 1.89. The van der Waals surface area contributed by atoms with Crippen LogP contribution in [0.25, 0.3) is 11.4 Å². The highest BCUT2D eigenvalue weighted by Gasteiger charge is 2.12. The molecule has 0 aliphatic carbocycles.